The molecule has 2 fully saturated rings. The van der Waals surface area contributed by atoms with Crippen LogP contribution in [0.1, 0.15) is 77.9 Å². The Morgan fingerprint density at radius 2 is 1.76 bits per heavy atom. The molecule has 5 rings (SSSR count). The molecule has 222 valence electrons. The van der Waals surface area contributed by atoms with Gasteiger partial charge in [-0.2, -0.15) is 0 Å². The van der Waals surface area contributed by atoms with Crippen LogP contribution in [0.15, 0.2) is 72.8 Å². The molecule has 0 radical (unpaired) electrons. The van der Waals surface area contributed by atoms with Crippen LogP contribution in [-0.2, 0) is 17.8 Å². The first-order valence-electron chi connectivity index (χ1n) is 15.3. The number of rotatable bonds is 12. The summed E-state index contributed by atoms with van der Waals surface area (Å²) in [4.78, 5) is 28.3. The summed E-state index contributed by atoms with van der Waals surface area (Å²) < 4.78 is 5.32. The summed E-state index contributed by atoms with van der Waals surface area (Å²) in [6.07, 6.45) is 6.89. The average molecular weight is 570 g/mol. The maximum atomic E-state index is 13.8. The molecule has 1 saturated carbocycles. The molecule has 0 unspecified atom stereocenters. The second-order valence-corrected chi connectivity index (χ2v) is 11.6. The van der Waals surface area contributed by atoms with Gasteiger partial charge in [0.05, 0.1) is 19.3 Å². The van der Waals surface area contributed by atoms with Crippen LogP contribution in [0.5, 0.6) is 5.75 Å². The zero-order valence-electron chi connectivity index (χ0n) is 24.6. The van der Waals surface area contributed by atoms with E-state index in [1.165, 1.54) is 19.3 Å². The number of carbonyl (C=O) groups excluding carboxylic acids is 2. The number of benzene rings is 3. The summed E-state index contributed by atoms with van der Waals surface area (Å²) in [6.45, 7) is 1.56. The standard InChI is InChI=1S/C35H43N3O4/c1-42-31-15-8-12-26(18-31)23-36-24-33(39)32(19-25-10-4-2-5-11-25)37-35(41)29-20-28(27-13-6-3-7-14-27)21-30(22-29)38-17-9-16-34(38)40/h2,4-5,8,10-12,15,18,20-22,27,32-33,36,39H,3,6-7,9,13-14,16-17,19,23-24H2,1H3,(H,37,41)/t32-,33+/m0/s1. The lowest BCUT2D eigenvalue weighted by Gasteiger charge is -2.27. The van der Waals surface area contributed by atoms with Gasteiger partial charge in [-0.05, 0) is 78.6 Å². The van der Waals surface area contributed by atoms with E-state index >= 15 is 0 Å². The number of anilines is 1. The van der Waals surface area contributed by atoms with Crippen LogP contribution in [0.25, 0.3) is 0 Å². The van der Waals surface area contributed by atoms with Gasteiger partial charge in [0.15, 0.2) is 0 Å². The first-order valence-corrected chi connectivity index (χ1v) is 15.3. The molecular formula is C35H43N3O4. The van der Waals surface area contributed by atoms with Crippen LogP contribution in [0.3, 0.4) is 0 Å². The number of ether oxygens (including phenoxy) is 1. The van der Waals surface area contributed by atoms with Gasteiger partial charge < -0.3 is 25.4 Å². The minimum atomic E-state index is -0.819. The highest BCUT2D eigenvalue weighted by atomic mass is 16.5. The summed E-state index contributed by atoms with van der Waals surface area (Å²) >= 11 is 0. The molecule has 2 amide bonds. The molecule has 1 saturated heterocycles. The highest BCUT2D eigenvalue weighted by Gasteiger charge is 2.27. The smallest absolute Gasteiger partial charge is 0.251 e. The summed E-state index contributed by atoms with van der Waals surface area (Å²) in [5.41, 5.74) is 4.58. The van der Waals surface area contributed by atoms with Crippen molar-refractivity contribution in [2.75, 3.05) is 25.1 Å². The summed E-state index contributed by atoms with van der Waals surface area (Å²) in [7, 11) is 1.64. The Kier molecular flexibility index (Phi) is 10.3. The Morgan fingerprint density at radius 3 is 2.50 bits per heavy atom. The van der Waals surface area contributed by atoms with Crippen molar-refractivity contribution in [2.24, 2.45) is 0 Å². The lowest BCUT2D eigenvalue weighted by atomic mass is 9.83. The fourth-order valence-corrected chi connectivity index (χ4v) is 6.21. The maximum absolute atomic E-state index is 13.8. The van der Waals surface area contributed by atoms with Gasteiger partial charge in [-0.1, -0.05) is 61.7 Å². The molecule has 7 nitrogen and oxygen atoms in total. The zero-order chi connectivity index (χ0) is 29.3. The van der Waals surface area contributed by atoms with Crippen LogP contribution in [-0.4, -0.2) is 49.3 Å². The number of nitrogens with one attached hydrogen (secondary N) is 2. The number of hydrogen-bond donors (Lipinski definition) is 3. The molecule has 0 bridgehead atoms. The Hall–Kier alpha value is -3.68. The lowest BCUT2D eigenvalue weighted by molar-refractivity contribution is -0.117. The summed E-state index contributed by atoms with van der Waals surface area (Å²) in [5.74, 6) is 1.07. The van der Waals surface area contributed by atoms with Crippen molar-refractivity contribution in [2.45, 2.75) is 76.0 Å². The minimum absolute atomic E-state index is 0.113. The van der Waals surface area contributed by atoms with E-state index in [1.807, 2.05) is 71.6 Å². The quantitative estimate of drug-likeness (QED) is 0.273. The first kappa shape index (κ1) is 29.8. The molecule has 7 heteroatoms. The van der Waals surface area contributed by atoms with Crippen LogP contribution < -0.4 is 20.3 Å². The molecule has 0 aromatic heterocycles. The van der Waals surface area contributed by atoms with Crippen molar-refractivity contribution in [3.63, 3.8) is 0 Å². The SMILES string of the molecule is COc1cccc(CNC[C@@H](O)[C@H](Cc2ccccc2)NC(=O)c2cc(C3CCCCC3)cc(N3CCCC3=O)c2)c1. The minimum Gasteiger partial charge on any atom is -0.497 e. The van der Waals surface area contributed by atoms with Crippen LogP contribution in [0, 0.1) is 0 Å². The van der Waals surface area contributed by atoms with Gasteiger partial charge in [0, 0.05) is 37.3 Å². The number of amides is 2. The third-order valence-electron chi connectivity index (χ3n) is 8.56. The molecule has 1 aliphatic heterocycles. The van der Waals surface area contributed by atoms with Gasteiger partial charge in [0.25, 0.3) is 5.91 Å². The number of carbonyl (C=O) groups is 2. The topological polar surface area (TPSA) is 90.9 Å². The van der Waals surface area contributed by atoms with Crippen molar-refractivity contribution in [1.29, 1.82) is 0 Å². The van der Waals surface area contributed by atoms with Gasteiger partial charge in [-0.15, -0.1) is 0 Å². The van der Waals surface area contributed by atoms with E-state index in [0.29, 0.717) is 44.0 Å². The second-order valence-electron chi connectivity index (χ2n) is 11.6. The van der Waals surface area contributed by atoms with E-state index in [0.717, 1.165) is 47.4 Å². The van der Waals surface area contributed by atoms with Gasteiger partial charge >= 0.3 is 0 Å². The van der Waals surface area contributed by atoms with E-state index in [4.69, 9.17) is 4.74 Å². The van der Waals surface area contributed by atoms with Crippen molar-refractivity contribution in [3.8, 4) is 5.75 Å². The molecule has 0 spiro atoms. The van der Waals surface area contributed by atoms with Crippen LogP contribution in [0.2, 0.25) is 0 Å². The van der Waals surface area contributed by atoms with E-state index in [1.54, 1.807) is 7.11 Å². The number of hydrogen-bond acceptors (Lipinski definition) is 5. The predicted octanol–water partition coefficient (Wildman–Crippen LogP) is 5.36. The number of aliphatic hydroxyl groups is 1. The molecule has 1 aliphatic carbocycles. The van der Waals surface area contributed by atoms with Crippen molar-refractivity contribution < 1.29 is 19.4 Å². The fraction of sp³-hybridized carbons (Fsp3) is 0.429. The lowest BCUT2D eigenvalue weighted by Crippen LogP contribution is -2.48. The molecule has 2 atom stereocenters. The summed E-state index contributed by atoms with van der Waals surface area (Å²) in [6, 6.07) is 23.2. The largest absolute Gasteiger partial charge is 0.497 e. The van der Waals surface area contributed by atoms with Gasteiger partial charge in [0.1, 0.15) is 5.75 Å². The Bertz CT molecular complexity index is 1340. The molecule has 42 heavy (non-hydrogen) atoms. The van der Waals surface area contributed by atoms with E-state index < -0.39 is 12.1 Å². The normalized spacial score (nSPS) is 17.2. The maximum Gasteiger partial charge on any atom is 0.251 e. The third kappa shape index (κ3) is 7.78. The second kappa shape index (κ2) is 14.5. The van der Waals surface area contributed by atoms with E-state index in [2.05, 4.69) is 16.7 Å². The molecule has 3 aromatic rings. The molecule has 2 aliphatic rings. The highest BCUT2D eigenvalue weighted by molar-refractivity contribution is 5.99. The predicted molar refractivity (Wildman–Crippen MR) is 166 cm³/mol. The van der Waals surface area contributed by atoms with Gasteiger partial charge in [-0.25, -0.2) is 0 Å². The van der Waals surface area contributed by atoms with Crippen LogP contribution in [0.4, 0.5) is 5.69 Å². The van der Waals surface area contributed by atoms with Crippen molar-refractivity contribution in [3.05, 3.63) is 95.1 Å². The highest BCUT2D eigenvalue weighted by Crippen LogP contribution is 2.36. The molecule has 3 aromatic carbocycles. The first-order chi connectivity index (χ1) is 20.5. The van der Waals surface area contributed by atoms with Gasteiger partial charge in [-0.3, -0.25) is 9.59 Å². The number of nitrogens with zero attached hydrogens (tertiary/aromatic N) is 1. The Balaban J connectivity index is 1.34. The number of methoxy groups -OCH3 is 1. The van der Waals surface area contributed by atoms with E-state index in [9.17, 15) is 14.7 Å². The van der Waals surface area contributed by atoms with Crippen molar-refractivity contribution in [1.82, 2.24) is 10.6 Å². The molecule has 1 heterocycles. The Morgan fingerprint density at radius 1 is 0.976 bits per heavy atom. The van der Waals surface area contributed by atoms with E-state index in [-0.39, 0.29) is 11.8 Å². The third-order valence-corrected chi connectivity index (χ3v) is 8.56. The van der Waals surface area contributed by atoms with Gasteiger partial charge in [0.2, 0.25) is 5.91 Å². The van der Waals surface area contributed by atoms with Crippen LogP contribution >= 0.6 is 0 Å². The molecular weight excluding hydrogens is 526 g/mol. The monoisotopic (exact) mass is 569 g/mol. The summed E-state index contributed by atoms with van der Waals surface area (Å²) in [5, 5.41) is 17.8. The average Bonchev–Trinajstić information content (AvgIpc) is 3.47. The zero-order valence-corrected chi connectivity index (χ0v) is 24.6. The Labute approximate surface area is 249 Å². The molecule has 3 N–H and O–H groups in total. The number of aliphatic hydroxyl groups excluding tert-OH is 1. The van der Waals surface area contributed by atoms with Crippen molar-refractivity contribution >= 4 is 17.5 Å². The fourth-order valence-electron chi connectivity index (χ4n) is 6.21.